The summed E-state index contributed by atoms with van der Waals surface area (Å²) in [6.07, 6.45) is 2.99. The average molecular weight is 534 g/mol. The quantitative estimate of drug-likeness (QED) is 0.159. The summed E-state index contributed by atoms with van der Waals surface area (Å²) in [5.74, 6) is 1.86. The number of hydrogen-bond acceptors (Lipinski definition) is 6. The Morgan fingerprint density at radius 2 is 1.77 bits per heavy atom. The van der Waals surface area contributed by atoms with Crippen molar-refractivity contribution in [2.24, 2.45) is 0 Å². The van der Waals surface area contributed by atoms with E-state index in [2.05, 4.69) is 50.2 Å². The number of aryl methyl sites for hydroxylation is 3. The fourth-order valence-corrected chi connectivity index (χ4v) is 5.35. The molecule has 3 aromatic rings. The minimum Gasteiger partial charge on any atom is -0.492 e. The maximum atomic E-state index is 11.5. The summed E-state index contributed by atoms with van der Waals surface area (Å²) < 4.78 is 11.9. The van der Waals surface area contributed by atoms with Crippen LogP contribution in [0.5, 0.6) is 11.5 Å². The molecular weight excluding hydrogens is 492 g/mol. The molecule has 1 aliphatic rings. The summed E-state index contributed by atoms with van der Waals surface area (Å²) in [5, 5.41) is 21.2. The van der Waals surface area contributed by atoms with Crippen LogP contribution in [0.15, 0.2) is 54.6 Å². The van der Waals surface area contributed by atoms with E-state index in [1.165, 1.54) is 27.3 Å². The molecule has 0 radical (unpaired) electrons. The van der Waals surface area contributed by atoms with Gasteiger partial charge in [-0.25, -0.2) is 0 Å². The fraction of sp³-hybridized carbons (Fsp3) is 0.406. The van der Waals surface area contributed by atoms with Crippen LogP contribution in [0.1, 0.15) is 59.9 Å². The molecule has 1 atom stereocenters. The molecule has 1 heterocycles. The zero-order valence-corrected chi connectivity index (χ0v) is 23.7. The first kappa shape index (κ1) is 28.8. The fourth-order valence-electron chi connectivity index (χ4n) is 5.35. The Hall–Kier alpha value is -3.23. The van der Waals surface area contributed by atoms with Crippen molar-refractivity contribution in [1.82, 2.24) is 5.01 Å². The van der Waals surface area contributed by atoms with Gasteiger partial charge in [0.15, 0.2) is 6.54 Å². The van der Waals surface area contributed by atoms with Gasteiger partial charge in [0, 0.05) is 49.4 Å². The summed E-state index contributed by atoms with van der Waals surface area (Å²) in [6, 6.07) is 18.8. The molecule has 0 bridgehead atoms. The Labute approximate surface area is 231 Å². The molecule has 0 spiro atoms. The standard InChI is InChI=1S/C32H41N2O5/c1-22-15-25(9-6-7-14-34(36,37)33(4)5)16-23(2)32(22)27-11-8-10-26(18-27)20-38-29-12-13-30-28(17-24(3)35)21-39-31(30)19-29/h8,10-13,15-16,18-19,28,36-37H,6-7,9,14,17,20-21H2,1-5H3/q+1. The van der Waals surface area contributed by atoms with Crippen molar-refractivity contribution in [2.75, 3.05) is 27.2 Å². The molecule has 4 rings (SSSR count). The van der Waals surface area contributed by atoms with Crippen LogP contribution in [0.25, 0.3) is 11.1 Å². The SMILES string of the molecule is CC(=O)CC1COc2cc(OCc3cccc(-c4c(C)cc(CCCC[N+](O)(O)N(C)C)cc4C)c3)ccc21. The van der Waals surface area contributed by atoms with Gasteiger partial charge in [-0.15, -0.1) is 0 Å². The molecule has 3 aromatic carbocycles. The molecule has 0 aliphatic carbocycles. The zero-order valence-electron chi connectivity index (χ0n) is 23.7. The lowest BCUT2D eigenvalue weighted by Crippen LogP contribution is -2.52. The van der Waals surface area contributed by atoms with Crippen molar-refractivity contribution in [3.63, 3.8) is 0 Å². The highest BCUT2D eigenvalue weighted by Crippen LogP contribution is 2.38. The largest absolute Gasteiger partial charge is 0.492 e. The topological polar surface area (TPSA) is 79.2 Å². The Morgan fingerprint density at radius 3 is 2.46 bits per heavy atom. The summed E-state index contributed by atoms with van der Waals surface area (Å²) in [5.41, 5.74) is 8.27. The number of ketones is 1. The van der Waals surface area contributed by atoms with E-state index >= 15 is 0 Å². The van der Waals surface area contributed by atoms with Crippen LogP contribution >= 0.6 is 0 Å². The summed E-state index contributed by atoms with van der Waals surface area (Å²) >= 11 is 0. The van der Waals surface area contributed by atoms with Crippen molar-refractivity contribution in [1.29, 1.82) is 0 Å². The number of hydrogen-bond donors (Lipinski definition) is 2. The van der Waals surface area contributed by atoms with E-state index in [4.69, 9.17) is 9.47 Å². The highest BCUT2D eigenvalue weighted by molar-refractivity contribution is 5.77. The van der Waals surface area contributed by atoms with Gasteiger partial charge in [0.2, 0.25) is 0 Å². The Morgan fingerprint density at radius 1 is 1.03 bits per heavy atom. The van der Waals surface area contributed by atoms with Gasteiger partial charge in [-0.05, 0) is 79.1 Å². The number of ether oxygens (including phenoxy) is 2. The Bertz CT molecular complexity index is 1290. The van der Waals surface area contributed by atoms with E-state index in [-0.39, 0.29) is 18.2 Å². The Balaban J connectivity index is 1.39. The van der Waals surface area contributed by atoms with Crippen molar-refractivity contribution < 1.29 is 29.6 Å². The first-order valence-electron chi connectivity index (χ1n) is 13.6. The second kappa shape index (κ2) is 12.3. The molecule has 7 nitrogen and oxygen atoms in total. The molecular formula is C32H41N2O5+. The second-order valence-corrected chi connectivity index (χ2v) is 10.9. The summed E-state index contributed by atoms with van der Waals surface area (Å²) in [6.45, 7) is 7.16. The lowest BCUT2D eigenvalue weighted by atomic mass is 9.91. The normalized spacial score (nSPS) is 14.8. The van der Waals surface area contributed by atoms with E-state index in [9.17, 15) is 15.2 Å². The first-order chi connectivity index (χ1) is 18.5. The molecule has 0 fully saturated rings. The number of Topliss-reactive ketones (excluding diaryl/α,β-unsaturated/α-hetero) is 1. The zero-order chi connectivity index (χ0) is 28.2. The summed E-state index contributed by atoms with van der Waals surface area (Å²) in [4.78, 5) is 10.4. The second-order valence-electron chi connectivity index (χ2n) is 10.9. The van der Waals surface area contributed by atoms with Gasteiger partial charge in [0.25, 0.3) is 0 Å². The van der Waals surface area contributed by atoms with Crippen LogP contribution in [0.4, 0.5) is 0 Å². The maximum absolute atomic E-state index is 11.5. The molecule has 39 heavy (non-hydrogen) atoms. The Kier molecular flexibility index (Phi) is 9.08. The lowest BCUT2D eigenvalue weighted by molar-refractivity contribution is -1.31. The average Bonchev–Trinajstić information content (AvgIpc) is 3.26. The van der Waals surface area contributed by atoms with Gasteiger partial charge in [-0.2, -0.15) is 10.4 Å². The molecule has 7 heteroatoms. The predicted octanol–water partition coefficient (Wildman–Crippen LogP) is 6.40. The van der Waals surface area contributed by atoms with Crippen LogP contribution in [0, 0.1) is 13.8 Å². The molecule has 0 amide bonds. The minimum atomic E-state index is -1.08. The van der Waals surface area contributed by atoms with Crippen molar-refractivity contribution in [3.05, 3.63) is 82.4 Å². The third-order valence-electron chi connectivity index (χ3n) is 7.43. The third kappa shape index (κ3) is 7.25. The molecule has 0 aromatic heterocycles. The molecule has 0 saturated carbocycles. The van der Waals surface area contributed by atoms with E-state index < -0.39 is 4.92 Å². The number of unbranched alkanes of at least 4 members (excludes halogenated alkanes) is 1. The van der Waals surface area contributed by atoms with E-state index in [1.54, 1.807) is 21.0 Å². The van der Waals surface area contributed by atoms with Gasteiger partial charge in [-0.3, -0.25) is 0 Å². The van der Waals surface area contributed by atoms with Crippen molar-refractivity contribution in [2.45, 2.75) is 59.0 Å². The van der Waals surface area contributed by atoms with Gasteiger partial charge in [-0.1, -0.05) is 41.4 Å². The lowest BCUT2D eigenvalue weighted by Gasteiger charge is -2.26. The van der Waals surface area contributed by atoms with Crippen LogP contribution in [-0.4, -0.2) is 53.4 Å². The van der Waals surface area contributed by atoms with Crippen molar-refractivity contribution >= 4 is 5.78 Å². The van der Waals surface area contributed by atoms with Gasteiger partial charge in [0.1, 0.15) is 23.9 Å². The molecule has 2 N–H and O–H groups in total. The molecule has 208 valence electrons. The van der Waals surface area contributed by atoms with Crippen LogP contribution in [0.2, 0.25) is 0 Å². The number of benzene rings is 3. The third-order valence-corrected chi connectivity index (χ3v) is 7.43. The molecule has 1 aliphatic heterocycles. The van der Waals surface area contributed by atoms with Gasteiger partial charge >= 0.3 is 0 Å². The minimum absolute atomic E-state index is 0.129. The first-order valence-corrected chi connectivity index (χ1v) is 13.6. The van der Waals surface area contributed by atoms with Crippen LogP contribution in [-0.2, 0) is 17.8 Å². The number of fused-ring (bicyclic) bond motifs is 1. The van der Waals surface area contributed by atoms with Gasteiger partial charge in [0.05, 0.1) is 6.61 Å². The number of nitrogens with zero attached hydrogens (tertiary/aromatic N) is 2. The number of carbonyl (C=O) groups excluding carboxylic acids is 1. The number of hydroxylamine groups is 2. The summed E-state index contributed by atoms with van der Waals surface area (Å²) in [7, 11) is 3.28. The van der Waals surface area contributed by atoms with Crippen LogP contribution in [0.3, 0.4) is 0 Å². The van der Waals surface area contributed by atoms with E-state index in [1.807, 2.05) is 18.2 Å². The number of carbonyl (C=O) groups is 1. The highest BCUT2D eigenvalue weighted by atomic mass is 16.9. The monoisotopic (exact) mass is 533 g/mol. The van der Waals surface area contributed by atoms with Crippen LogP contribution < -0.4 is 9.47 Å². The van der Waals surface area contributed by atoms with Gasteiger partial charge < -0.3 is 14.3 Å². The smallest absolute Gasteiger partial charge is 0.162 e. The molecule has 0 saturated heterocycles. The van der Waals surface area contributed by atoms with E-state index in [0.717, 1.165) is 41.0 Å². The highest BCUT2D eigenvalue weighted by Gasteiger charge is 2.26. The molecule has 1 unspecified atom stereocenters. The maximum Gasteiger partial charge on any atom is 0.162 e. The van der Waals surface area contributed by atoms with E-state index in [0.29, 0.717) is 26.1 Å². The number of quaternary nitrogens is 1. The van der Waals surface area contributed by atoms with Crippen molar-refractivity contribution in [3.8, 4) is 22.6 Å². The predicted molar refractivity (Wildman–Crippen MR) is 151 cm³/mol. The number of rotatable bonds is 12.